The normalized spacial score (nSPS) is 11.0. The third-order valence-electron chi connectivity index (χ3n) is 4.20. The molecule has 0 bridgehead atoms. The highest BCUT2D eigenvalue weighted by Gasteiger charge is 2.15. The Morgan fingerprint density at radius 1 is 1.12 bits per heavy atom. The summed E-state index contributed by atoms with van der Waals surface area (Å²) in [4.78, 5) is 29.3. The highest BCUT2D eigenvalue weighted by molar-refractivity contribution is 6.06. The van der Waals surface area contributed by atoms with Crippen LogP contribution in [0.1, 0.15) is 35.8 Å². The third-order valence-corrected chi connectivity index (χ3v) is 4.20. The van der Waals surface area contributed by atoms with E-state index in [4.69, 9.17) is 0 Å². The van der Waals surface area contributed by atoms with E-state index in [2.05, 4.69) is 10.3 Å². The summed E-state index contributed by atoms with van der Waals surface area (Å²) in [6.07, 6.45) is 5.87. The van der Waals surface area contributed by atoms with Crippen LogP contribution in [0.2, 0.25) is 0 Å². The molecule has 5 heteroatoms. The molecule has 0 saturated carbocycles. The number of nitrogens with one attached hydrogen (secondary N) is 1. The second-order valence-electron chi connectivity index (χ2n) is 6.26. The molecule has 2 aromatic heterocycles. The summed E-state index contributed by atoms with van der Waals surface area (Å²) in [6, 6.07) is 11.1. The molecular weight excluding hydrogens is 314 g/mol. The molecule has 0 saturated heterocycles. The molecule has 3 rings (SSSR count). The molecule has 0 spiro atoms. The number of pyridine rings is 2. The van der Waals surface area contributed by atoms with E-state index in [1.165, 1.54) is 0 Å². The second-order valence-corrected chi connectivity index (χ2v) is 6.26. The summed E-state index contributed by atoms with van der Waals surface area (Å²) in [6.45, 7) is 4.39. The Hall–Kier alpha value is -2.95. The van der Waals surface area contributed by atoms with Crippen molar-refractivity contribution in [3.63, 3.8) is 0 Å². The summed E-state index contributed by atoms with van der Waals surface area (Å²) >= 11 is 0. The molecule has 1 N–H and O–H groups in total. The van der Waals surface area contributed by atoms with Crippen molar-refractivity contribution in [3.05, 3.63) is 76.5 Å². The van der Waals surface area contributed by atoms with Crippen molar-refractivity contribution in [2.24, 2.45) is 0 Å². The molecular formula is C20H21N3O2. The molecule has 25 heavy (non-hydrogen) atoms. The first-order valence-corrected chi connectivity index (χ1v) is 8.39. The monoisotopic (exact) mass is 335 g/mol. The van der Waals surface area contributed by atoms with E-state index in [-0.39, 0.29) is 17.5 Å². The Balaban J connectivity index is 1.88. The number of hydrogen-bond acceptors (Lipinski definition) is 3. The number of nitrogens with zero attached hydrogens (tertiary/aromatic N) is 2. The lowest BCUT2D eigenvalue weighted by Crippen LogP contribution is -2.29. The number of benzene rings is 1. The minimum Gasteiger partial charge on any atom is -0.352 e. The first-order chi connectivity index (χ1) is 12.1. The Bertz CT molecular complexity index is 946. The van der Waals surface area contributed by atoms with Crippen LogP contribution in [0.15, 0.2) is 59.8 Å². The maximum absolute atomic E-state index is 12.7. The summed E-state index contributed by atoms with van der Waals surface area (Å²) < 4.78 is 1.61. The number of carbonyl (C=O) groups is 1. The molecule has 128 valence electrons. The Morgan fingerprint density at radius 3 is 2.48 bits per heavy atom. The van der Waals surface area contributed by atoms with Crippen LogP contribution in [0.4, 0.5) is 0 Å². The van der Waals surface area contributed by atoms with Crippen LogP contribution in [0, 0.1) is 0 Å². The van der Waals surface area contributed by atoms with Gasteiger partial charge >= 0.3 is 0 Å². The highest BCUT2D eigenvalue weighted by Crippen LogP contribution is 2.17. The Morgan fingerprint density at radius 2 is 1.80 bits per heavy atom. The van der Waals surface area contributed by atoms with E-state index in [1.54, 1.807) is 29.2 Å². The van der Waals surface area contributed by atoms with Crippen LogP contribution >= 0.6 is 0 Å². The summed E-state index contributed by atoms with van der Waals surface area (Å²) in [7, 11) is 0. The number of amides is 1. The van der Waals surface area contributed by atoms with Gasteiger partial charge in [0.15, 0.2) is 0 Å². The van der Waals surface area contributed by atoms with Crippen molar-refractivity contribution >= 4 is 16.7 Å². The maximum Gasteiger partial charge on any atom is 0.258 e. The molecule has 0 atom stereocenters. The van der Waals surface area contributed by atoms with Crippen molar-refractivity contribution in [1.82, 2.24) is 14.9 Å². The van der Waals surface area contributed by atoms with Gasteiger partial charge < -0.3 is 9.88 Å². The summed E-state index contributed by atoms with van der Waals surface area (Å²) in [5.74, 6) is -0.167. The first-order valence-electron chi connectivity index (χ1n) is 8.39. The second kappa shape index (κ2) is 7.30. The lowest BCUT2D eigenvalue weighted by atomic mass is 10.1. The van der Waals surface area contributed by atoms with Crippen LogP contribution < -0.4 is 10.9 Å². The number of hydrogen-bond donors (Lipinski definition) is 1. The van der Waals surface area contributed by atoms with Gasteiger partial charge in [-0.1, -0.05) is 18.2 Å². The van der Waals surface area contributed by atoms with Crippen molar-refractivity contribution < 1.29 is 4.79 Å². The van der Waals surface area contributed by atoms with Gasteiger partial charge in [-0.25, -0.2) is 0 Å². The standard InChI is InChI=1S/C20H21N3O2/c1-14(2)23-13-18(16-5-3-4-6-17(16)20(23)25)19(24)22-12-9-15-7-10-21-11-8-15/h3-8,10-11,13-14H,9,12H2,1-2H3,(H,22,24). The van der Waals surface area contributed by atoms with E-state index in [9.17, 15) is 9.59 Å². The van der Waals surface area contributed by atoms with Gasteiger partial charge in [-0.3, -0.25) is 14.6 Å². The smallest absolute Gasteiger partial charge is 0.258 e. The zero-order valence-corrected chi connectivity index (χ0v) is 14.4. The van der Waals surface area contributed by atoms with E-state index in [0.29, 0.717) is 22.9 Å². The van der Waals surface area contributed by atoms with Gasteiger partial charge in [0.05, 0.1) is 5.56 Å². The highest BCUT2D eigenvalue weighted by atomic mass is 16.2. The van der Waals surface area contributed by atoms with E-state index < -0.39 is 0 Å². The molecule has 5 nitrogen and oxygen atoms in total. The quantitative estimate of drug-likeness (QED) is 0.780. The predicted molar refractivity (Wildman–Crippen MR) is 98.9 cm³/mol. The van der Waals surface area contributed by atoms with Crippen molar-refractivity contribution in [2.45, 2.75) is 26.3 Å². The summed E-state index contributed by atoms with van der Waals surface area (Å²) in [5.41, 5.74) is 1.57. The molecule has 3 aromatic rings. The molecule has 1 aromatic carbocycles. The molecule has 0 aliphatic carbocycles. The van der Waals surface area contributed by atoms with Crippen LogP contribution in [-0.2, 0) is 6.42 Å². The van der Waals surface area contributed by atoms with Gasteiger partial charge in [-0.05, 0) is 44.0 Å². The minimum absolute atomic E-state index is 0.0134. The van der Waals surface area contributed by atoms with Crippen LogP contribution in [0.25, 0.3) is 10.8 Å². The van der Waals surface area contributed by atoms with Crippen molar-refractivity contribution in [1.29, 1.82) is 0 Å². The number of rotatable bonds is 5. The van der Waals surface area contributed by atoms with Gasteiger partial charge in [0.2, 0.25) is 0 Å². The van der Waals surface area contributed by atoms with Gasteiger partial charge in [0, 0.05) is 41.9 Å². The van der Waals surface area contributed by atoms with Gasteiger partial charge in [0.1, 0.15) is 0 Å². The average molecular weight is 335 g/mol. The zero-order chi connectivity index (χ0) is 17.8. The molecule has 1 amide bonds. The maximum atomic E-state index is 12.7. The van der Waals surface area contributed by atoms with Gasteiger partial charge in [-0.2, -0.15) is 0 Å². The summed E-state index contributed by atoms with van der Waals surface area (Å²) in [5, 5.41) is 4.20. The van der Waals surface area contributed by atoms with Crippen LogP contribution in [0.5, 0.6) is 0 Å². The molecule has 0 aliphatic rings. The fourth-order valence-corrected chi connectivity index (χ4v) is 2.84. The Labute approximate surface area is 146 Å². The number of aromatic nitrogens is 2. The first kappa shape index (κ1) is 16.9. The minimum atomic E-state index is -0.167. The molecule has 0 radical (unpaired) electrons. The number of carbonyl (C=O) groups excluding carboxylic acids is 1. The van der Waals surface area contributed by atoms with Crippen molar-refractivity contribution in [3.8, 4) is 0 Å². The van der Waals surface area contributed by atoms with Gasteiger partial charge in [-0.15, -0.1) is 0 Å². The van der Waals surface area contributed by atoms with E-state index in [1.807, 2.05) is 44.2 Å². The van der Waals surface area contributed by atoms with Gasteiger partial charge in [0.25, 0.3) is 11.5 Å². The third kappa shape index (κ3) is 3.60. The fraction of sp³-hybridized carbons (Fsp3) is 0.250. The predicted octanol–water partition coefficient (Wildman–Crippen LogP) is 2.95. The topological polar surface area (TPSA) is 64.0 Å². The molecule has 0 aliphatic heterocycles. The van der Waals surface area contributed by atoms with Crippen LogP contribution in [0.3, 0.4) is 0 Å². The lowest BCUT2D eigenvalue weighted by Gasteiger charge is -2.15. The number of fused-ring (bicyclic) bond motifs is 1. The SMILES string of the molecule is CC(C)n1cc(C(=O)NCCc2ccncc2)c2ccccc2c1=O. The zero-order valence-electron chi connectivity index (χ0n) is 14.4. The fourth-order valence-electron chi connectivity index (χ4n) is 2.84. The van der Waals surface area contributed by atoms with E-state index >= 15 is 0 Å². The molecule has 0 unspecified atom stereocenters. The van der Waals surface area contributed by atoms with E-state index in [0.717, 1.165) is 12.0 Å². The lowest BCUT2D eigenvalue weighted by molar-refractivity contribution is 0.0955. The average Bonchev–Trinajstić information content (AvgIpc) is 2.62. The largest absolute Gasteiger partial charge is 0.352 e. The molecule has 0 fully saturated rings. The Kier molecular flexibility index (Phi) is 4.93. The van der Waals surface area contributed by atoms with Crippen molar-refractivity contribution in [2.75, 3.05) is 6.54 Å². The molecule has 2 heterocycles. The van der Waals surface area contributed by atoms with Crippen LogP contribution in [-0.4, -0.2) is 22.0 Å².